The number of aryl methyl sites for hydroxylation is 5. The number of aromatic nitrogens is 3. The Bertz CT molecular complexity index is 2000. The second-order valence-electron chi connectivity index (χ2n) is 12.1. The molecule has 240 valence electrons. The van der Waals surface area contributed by atoms with E-state index in [9.17, 15) is 14.7 Å². The van der Waals surface area contributed by atoms with E-state index in [4.69, 9.17) is 32.4 Å². The number of aromatic carboxylic acids is 1. The van der Waals surface area contributed by atoms with Gasteiger partial charge in [-0.25, -0.2) is 4.79 Å². The maximum absolute atomic E-state index is 14.4. The number of benzene rings is 2. The number of halogens is 2. The lowest BCUT2D eigenvalue weighted by molar-refractivity contribution is 0.0575. The summed E-state index contributed by atoms with van der Waals surface area (Å²) in [6, 6.07) is 10.6. The number of nitrogens with zero attached hydrogens (tertiary/aromatic N) is 4. The van der Waals surface area contributed by atoms with Crippen molar-refractivity contribution in [2.24, 2.45) is 7.05 Å². The normalized spacial score (nSPS) is 14.7. The third-order valence-electron chi connectivity index (χ3n) is 8.93. The lowest BCUT2D eigenvalue weighted by atomic mass is 9.98. The summed E-state index contributed by atoms with van der Waals surface area (Å²) in [7, 11) is 1.91. The van der Waals surface area contributed by atoms with Crippen molar-refractivity contribution in [1.29, 1.82) is 0 Å². The summed E-state index contributed by atoms with van der Waals surface area (Å²) in [4.78, 5) is 27.6. The third kappa shape index (κ3) is 5.45. The number of hydrogen-bond acceptors (Lipinski definition) is 5. The number of carbonyl (C=O) groups excluding carboxylic acids is 1. The van der Waals surface area contributed by atoms with E-state index >= 15 is 0 Å². The highest BCUT2D eigenvalue weighted by atomic mass is 35.5. The van der Waals surface area contributed by atoms with Crippen LogP contribution in [0.15, 0.2) is 40.8 Å². The molecule has 1 aliphatic rings. The van der Waals surface area contributed by atoms with Crippen LogP contribution in [-0.2, 0) is 26.6 Å². The van der Waals surface area contributed by atoms with E-state index in [1.165, 1.54) is 6.07 Å². The fourth-order valence-corrected chi connectivity index (χ4v) is 7.00. The zero-order chi connectivity index (χ0) is 33.0. The summed E-state index contributed by atoms with van der Waals surface area (Å²) in [5.74, 6) is -0.284. The van der Waals surface area contributed by atoms with Crippen molar-refractivity contribution in [3.63, 3.8) is 0 Å². The first kappa shape index (κ1) is 31.8. The molecule has 1 amide bonds. The minimum atomic E-state index is -1.15. The Morgan fingerprint density at radius 2 is 1.80 bits per heavy atom. The first-order valence-corrected chi connectivity index (χ1v) is 16.0. The molecule has 6 rings (SSSR count). The van der Waals surface area contributed by atoms with Crippen LogP contribution in [0.5, 0.6) is 5.75 Å². The fourth-order valence-electron chi connectivity index (χ4n) is 6.65. The minimum Gasteiger partial charge on any atom is -0.494 e. The van der Waals surface area contributed by atoms with Crippen molar-refractivity contribution < 1.29 is 23.8 Å². The molecule has 2 aromatic carbocycles. The van der Waals surface area contributed by atoms with Crippen LogP contribution in [0.2, 0.25) is 10.0 Å². The molecule has 0 radical (unpaired) electrons. The largest absolute Gasteiger partial charge is 0.494 e. The highest BCUT2D eigenvalue weighted by molar-refractivity contribution is 6.35. The van der Waals surface area contributed by atoms with Gasteiger partial charge < -0.3 is 23.7 Å². The highest BCUT2D eigenvalue weighted by Crippen LogP contribution is 2.43. The maximum atomic E-state index is 14.4. The average molecular weight is 664 g/mol. The van der Waals surface area contributed by atoms with Gasteiger partial charge in [-0.3, -0.25) is 9.48 Å². The summed E-state index contributed by atoms with van der Waals surface area (Å²) in [5.41, 5.74) is 8.01. The van der Waals surface area contributed by atoms with E-state index in [1.807, 2.05) is 70.6 Å². The second kappa shape index (κ2) is 12.2. The molecule has 9 nitrogen and oxygen atoms in total. The van der Waals surface area contributed by atoms with Gasteiger partial charge >= 0.3 is 5.97 Å². The molecule has 1 aliphatic heterocycles. The SMILES string of the molecule is Cc1cc(OCCCc2c3n(c4c(-c5c(C)nn(C)c5C)c(Cl)ccc24)CC(C)N(Cc2ccc(C(=O)O)o2)C3=O)cc(C)c1Cl. The van der Waals surface area contributed by atoms with Gasteiger partial charge in [0, 0.05) is 46.9 Å². The zero-order valence-electron chi connectivity index (χ0n) is 26.7. The first-order valence-electron chi connectivity index (χ1n) is 15.2. The van der Waals surface area contributed by atoms with Gasteiger partial charge in [0.25, 0.3) is 5.91 Å². The monoisotopic (exact) mass is 662 g/mol. The predicted molar refractivity (Wildman–Crippen MR) is 178 cm³/mol. The fraction of sp³-hybridized carbons (Fsp3) is 0.343. The van der Waals surface area contributed by atoms with Crippen LogP contribution in [0.1, 0.15) is 68.2 Å². The van der Waals surface area contributed by atoms with Crippen molar-refractivity contribution in [3.8, 4) is 16.9 Å². The van der Waals surface area contributed by atoms with Crippen molar-refractivity contribution in [1.82, 2.24) is 19.2 Å². The van der Waals surface area contributed by atoms with Crippen LogP contribution in [-0.4, -0.2) is 48.9 Å². The predicted octanol–water partition coefficient (Wildman–Crippen LogP) is 7.93. The summed E-state index contributed by atoms with van der Waals surface area (Å²) >= 11 is 13.3. The van der Waals surface area contributed by atoms with Gasteiger partial charge in [-0.2, -0.15) is 5.10 Å². The van der Waals surface area contributed by atoms with Gasteiger partial charge in [-0.1, -0.05) is 29.3 Å². The second-order valence-corrected chi connectivity index (χ2v) is 12.9. The molecular formula is C35H36Cl2N4O5. The van der Waals surface area contributed by atoms with E-state index in [2.05, 4.69) is 9.67 Å². The van der Waals surface area contributed by atoms with Gasteiger partial charge in [-0.15, -0.1) is 0 Å². The van der Waals surface area contributed by atoms with Crippen LogP contribution in [0.25, 0.3) is 22.0 Å². The lowest BCUT2D eigenvalue weighted by Gasteiger charge is -2.35. The molecule has 46 heavy (non-hydrogen) atoms. The number of furan rings is 1. The average Bonchev–Trinajstić information content (AvgIpc) is 3.67. The molecule has 0 bridgehead atoms. The van der Waals surface area contributed by atoms with Crippen LogP contribution in [0, 0.1) is 27.7 Å². The van der Waals surface area contributed by atoms with Crippen molar-refractivity contribution >= 4 is 46.0 Å². The van der Waals surface area contributed by atoms with E-state index in [1.54, 1.807) is 11.0 Å². The topological polar surface area (TPSA) is 103 Å². The molecule has 11 heteroatoms. The van der Waals surface area contributed by atoms with E-state index in [0.29, 0.717) is 42.5 Å². The number of carboxylic acids is 1. The van der Waals surface area contributed by atoms with Gasteiger partial charge in [0.2, 0.25) is 5.76 Å². The van der Waals surface area contributed by atoms with Crippen molar-refractivity contribution in [2.45, 2.75) is 66.6 Å². The molecular weight excluding hydrogens is 627 g/mol. The van der Waals surface area contributed by atoms with Crippen molar-refractivity contribution in [3.05, 3.63) is 91.7 Å². The maximum Gasteiger partial charge on any atom is 0.371 e. The Balaban J connectivity index is 1.42. The number of carboxylic acid groups (broad SMARTS) is 1. The van der Waals surface area contributed by atoms with Crippen LogP contribution >= 0.6 is 23.2 Å². The van der Waals surface area contributed by atoms with Gasteiger partial charge in [0.05, 0.1) is 29.4 Å². The van der Waals surface area contributed by atoms with E-state index < -0.39 is 5.97 Å². The van der Waals surface area contributed by atoms with Crippen molar-refractivity contribution in [2.75, 3.05) is 6.61 Å². The summed E-state index contributed by atoms with van der Waals surface area (Å²) in [5, 5.41) is 16.3. The number of ether oxygens (including phenoxy) is 1. The molecule has 0 fully saturated rings. The van der Waals surface area contributed by atoms with Crippen LogP contribution in [0.3, 0.4) is 0 Å². The molecule has 1 N–H and O–H groups in total. The molecule has 3 aromatic heterocycles. The van der Waals surface area contributed by atoms with Crippen LogP contribution < -0.4 is 4.74 Å². The van der Waals surface area contributed by atoms with Crippen LogP contribution in [0.4, 0.5) is 0 Å². The van der Waals surface area contributed by atoms with E-state index in [0.717, 1.165) is 60.9 Å². The zero-order valence-corrected chi connectivity index (χ0v) is 28.2. The number of fused-ring (bicyclic) bond motifs is 3. The third-order valence-corrected chi connectivity index (χ3v) is 9.84. The van der Waals surface area contributed by atoms with Gasteiger partial charge in [0.1, 0.15) is 17.2 Å². The molecule has 0 saturated carbocycles. The molecule has 5 aromatic rings. The van der Waals surface area contributed by atoms with Gasteiger partial charge in [-0.05, 0) is 94.5 Å². The number of hydrogen-bond donors (Lipinski definition) is 1. The number of carbonyl (C=O) groups is 2. The minimum absolute atomic E-state index is 0.148. The number of rotatable bonds is 9. The first-order chi connectivity index (χ1) is 21.9. The molecule has 4 heterocycles. The quantitative estimate of drug-likeness (QED) is 0.161. The highest BCUT2D eigenvalue weighted by Gasteiger charge is 2.36. The summed E-state index contributed by atoms with van der Waals surface area (Å²) in [6.07, 6.45) is 1.26. The Kier molecular flexibility index (Phi) is 8.42. The summed E-state index contributed by atoms with van der Waals surface area (Å²) in [6.45, 7) is 11.0. The Labute approximate surface area is 277 Å². The number of amides is 1. The Morgan fingerprint density at radius 1 is 1.09 bits per heavy atom. The molecule has 1 atom stereocenters. The summed E-state index contributed by atoms with van der Waals surface area (Å²) < 4.78 is 15.6. The molecule has 0 aliphatic carbocycles. The Hall–Kier alpha value is -4.21. The van der Waals surface area contributed by atoms with Gasteiger partial charge in [0.15, 0.2) is 0 Å². The standard InChI is InChI=1S/C35H36Cl2N4O5/c1-18-14-24(15-19(2)31(18)37)45-13-7-8-25-26-10-11-27(36)30(29-21(4)38-39(6)22(29)5)32(26)41-16-20(3)40(34(42)33(25)41)17-23-9-12-28(46-23)35(43)44/h9-12,14-15,20H,7-8,13,16-17H2,1-6H3,(H,43,44). The molecule has 0 spiro atoms. The molecule has 0 saturated heterocycles. The van der Waals surface area contributed by atoms with E-state index in [-0.39, 0.29) is 24.3 Å². The Morgan fingerprint density at radius 3 is 2.43 bits per heavy atom. The smallest absolute Gasteiger partial charge is 0.371 e. The lowest BCUT2D eigenvalue weighted by Crippen LogP contribution is -2.46. The molecule has 1 unspecified atom stereocenters.